The lowest BCUT2D eigenvalue weighted by Crippen LogP contribution is -2.22. The van der Waals surface area contributed by atoms with Gasteiger partial charge in [-0.1, -0.05) is 12.1 Å². The number of esters is 1. The third-order valence-corrected chi connectivity index (χ3v) is 2.56. The maximum atomic E-state index is 11.7. The van der Waals surface area contributed by atoms with Gasteiger partial charge in [-0.25, -0.2) is 9.59 Å². The minimum atomic E-state index is -0.846. The molecule has 1 aliphatic rings. The Balaban J connectivity index is 2.30. The topological polar surface area (TPSA) is 74.2 Å². The Bertz CT molecular complexity index is 538. The van der Waals surface area contributed by atoms with E-state index < -0.39 is 18.2 Å². The molecule has 1 aromatic carbocycles. The van der Waals surface area contributed by atoms with Gasteiger partial charge in [0.15, 0.2) is 11.8 Å². The van der Waals surface area contributed by atoms with Gasteiger partial charge in [0.1, 0.15) is 5.75 Å². The van der Waals surface area contributed by atoms with Crippen LogP contribution in [-0.2, 0) is 14.3 Å². The van der Waals surface area contributed by atoms with Crippen LogP contribution in [0.15, 0.2) is 29.3 Å². The van der Waals surface area contributed by atoms with Crippen LogP contribution in [0.2, 0.25) is 0 Å². The number of methoxy groups -OCH3 is 1. The molecule has 100 valence electrons. The molecule has 6 heteroatoms. The predicted octanol–water partition coefficient (Wildman–Crippen LogP) is 1.89. The molecule has 0 saturated carbocycles. The molecule has 0 aromatic heterocycles. The Morgan fingerprint density at radius 1 is 1.47 bits per heavy atom. The molecule has 1 amide bonds. The van der Waals surface area contributed by atoms with Gasteiger partial charge in [0.2, 0.25) is 0 Å². The monoisotopic (exact) mass is 263 g/mol. The summed E-state index contributed by atoms with van der Waals surface area (Å²) in [5, 5.41) is 0. The van der Waals surface area contributed by atoms with Gasteiger partial charge in [0.25, 0.3) is 0 Å². The first-order chi connectivity index (χ1) is 9.15. The van der Waals surface area contributed by atoms with Crippen molar-refractivity contribution >= 4 is 17.8 Å². The smallest absolute Gasteiger partial charge is 0.435 e. The number of cyclic esters (lactones) is 1. The van der Waals surface area contributed by atoms with Crippen LogP contribution in [0.1, 0.15) is 18.6 Å². The van der Waals surface area contributed by atoms with Crippen molar-refractivity contribution in [2.75, 3.05) is 13.7 Å². The summed E-state index contributed by atoms with van der Waals surface area (Å²) >= 11 is 0. The third kappa shape index (κ3) is 2.73. The number of hydrogen-bond donors (Lipinski definition) is 0. The van der Waals surface area contributed by atoms with Gasteiger partial charge in [-0.3, -0.25) is 0 Å². The first-order valence-electron chi connectivity index (χ1n) is 5.76. The van der Waals surface area contributed by atoms with Crippen molar-refractivity contribution in [3.63, 3.8) is 0 Å². The number of hydrogen-bond acceptors (Lipinski definition) is 5. The second kappa shape index (κ2) is 5.51. The Hall–Kier alpha value is -2.37. The third-order valence-electron chi connectivity index (χ3n) is 2.56. The largest absolute Gasteiger partial charge is 0.497 e. The van der Waals surface area contributed by atoms with E-state index in [0.717, 1.165) is 0 Å². The lowest BCUT2D eigenvalue weighted by molar-refractivity contribution is -0.135. The lowest BCUT2D eigenvalue weighted by Gasteiger charge is -2.12. The van der Waals surface area contributed by atoms with Crippen LogP contribution in [0.3, 0.4) is 0 Å². The van der Waals surface area contributed by atoms with Crippen LogP contribution in [0.25, 0.3) is 0 Å². The molecule has 0 bridgehead atoms. The van der Waals surface area contributed by atoms with Crippen LogP contribution in [-0.4, -0.2) is 31.5 Å². The Morgan fingerprint density at radius 3 is 2.95 bits per heavy atom. The van der Waals surface area contributed by atoms with E-state index in [1.54, 1.807) is 31.2 Å². The van der Waals surface area contributed by atoms with Crippen molar-refractivity contribution in [3.05, 3.63) is 29.8 Å². The van der Waals surface area contributed by atoms with E-state index in [4.69, 9.17) is 14.2 Å². The van der Waals surface area contributed by atoms with Gasteiger partial charge >= 0.3 is 12.1 Å². The molecule has 1 heterocycles. The number of carbonyl (C=O) groups is 2. The maximum Gasteiger partial charge on any atom is 0.435 e. The van der Waals surface area contributed by atoms with Crippen LogP contribution < -0.4 is 4.74 Å². The van der Waals surface area contributed by atoms with Crippen molar-refractivity contribution in [1.82, 2.24) is 0 Å². The number of aliphatic imine (C=N–C) groups is 1. The first-order valence-corrected chi connectivity index (χ1v) is 5.76. The number of rotatable bonds is 4. The van der Waals surface area contributed by atoms with Crippen molar-refractivity contribution in [2.24, 2.45) is 4.99 Å². The minimum Gasteiger partial charge on any atom is -0.497 e. The molecule has 6 nitrogen and oxygen atoms in total. The summed E-state index contributed by atoms with van der Waals surface area (Å²) in [6, 6.07) is 6.89. The van der Waals surface area contributed by atoms with Gasteiger partial charge in [-0.2, -0.15) is 4.99 Å². The second-order valence-electron chi connectivity index (χ2n) is 3.76. The minimum absolute atomic E-state index is 0.0416. The van der Waals surface area contributed by atoms with Crippen LogP contribution in [0.5, 0.6) is 5.75 Å². The van der Waals surface area contributed by atoms with Crippen molar-refractivity contribution in [1.29, 1.82) is 0 Å². The number of nitrogens with zero attached hydrogens (tertiary/aromatic N) is 1. The molecule has 0 saturated heterocycles. The highest BCUT2D eigenvalue weighted by Crippen LogP contribution is 2.28. The quantitative estimate of drug-likeness (QED) is 0.775. The van der Waals surface area contributed by atoms with Gasteiger partial charge in [0.05, 0.1) is 13.7 Å². The highest BCUT2D eigenvalue weighted by Gasteiger charge is 2.35. The van der Waals surface area contributed by atoms with Crippen molar-refractivity contribution in [3.8, 4) is 5.75 Å². The highest BCUT2D eigenvalue weighted by molar-refractivity contribution is 6.41. The molecular weight excluding hydrogens is 250 g/mol. The van der Waals surface area contributed by atoms with E-state index in [1.165, 1.54) is 7.11 Å². The maximum absolute atomic E-state index is 11.7. The van der Waals surface area contributed by atoms with E-state index in [9.17, 15) is 9.59 Å². The van der Waals surface area contributed by atoms with Crippen molar-refractivity contribution < 1.29 is 23.8 Å². The fourth-order valence-electron chi connectivity index (χ4n) is 1.73. The molecule has 1 atom stereocenters. The normalized spacial score (nSPS) is 17.7. The first kappa shape index (κ1) is 13.1. The van der Waals surface area contributed by atoms with E-state index in [0.29, 0.717) is 11.3 Å². The standard InChI is InChI=1S/C13H13NO5/c1-3-18-12(15)10-11(19-13(16)14-10)8-5-4-6-9(7-8)17-2/h4-7,11H,3H2,1-2H3. The van der Waals surface area contributed by atoms with E-state index in [2.05, 4.69) is 4.99 Å². The average Bonchev–Trinajstić information content (AvgIpc) is 2.81. The Morgan fingerprint density at radius 2 is 2.26 bits per heavy atom. The van der Waals surface area contributed by atoms with Crippen LogP contribution in [0, 0.1) is 0 Å². The molecule has 0 N–H and O–H groups in total. The molecular formula is C13H13NO5. The zero-order valence-electron chi connectivity index (χ0n) is 10.6. The molecule has 19 heavy (non-hydrogen) atoms. The SMILES string of the molecule is CCOC(=O)C1=NC(=O)OC1c1cccc(OC)c1. The van der Waals surface area contributed by atoms with Crippen molar-refractivity contribution in [2.45, 2.75) is 13.0 Å². The average molecular weight is 263 g/mol. The molecule has 1 aromatic rings. The summed E-state index contributed by atoms with van der Waals surface area (Å²) in [6.07, 6.45) is -1.64. The van der Waals surface area contributed by atoms with Gasteiger partial charge in [0, 0.05) is 5.56 Å². The fraction of sp³-hybridized carbons (Fsp3) is 0.308. The Kier molecular flexibility index (Phi) is 3.79. The van der Waals surface area contributed by atoms with E-state index in [-0.39, 0.29) is 12.3 Å². The molecule has 0 spiro atoms. The van der Waals surface area contributed by atoms with Gasteiger partial charge in [-0.05, 0) is 19.1 Å². The zero-order valence-corrected chi connectivity index (χ0v) is 10.6. The summed E-state index contributed by atoms with van der Waals surface area (Å²) in [5.41, 5.74) is 0.567. The number of carbonyl (C=O) groups excluding carboxylic acids is 2. The second-order valence-corrected chi connectivity index (χ2v) is 3.76. The molecule has 0 fully saturated rings. The predicted molar refractivity (Wildman–Crippen MR) is 66.3 cm³/mol. The fourth-order valence-corrected chi connectivity index (χ4v) is 1.73. The summed E-state index contributed by atoms with van der Waals surface area (Å²) in [7, 11) is 1.53. The highest BCUT2D eigenvalue weighted by atomic mass is 16.6. The summed E-state index contributed by atoms with van der Waals surface area (Å²) < 4.78 is 15.0. The molecule has 0 radical (unpaired) electrons. The number of ether oxygens (including phenoxy) is 3. The summed E-state index contributed by atoms with van der Waals surface area (Å²) in [5.74, 6) is -0.0511. The van der Waals surface area contributed by atoms with E-state index in [1.807, 2.05) is 0 Å². The molecule has 1 aliphatic heterocycles. The molecule has 0 aliphatic carbocycles. The van der Waals surface area contributed by atoms with Crippen LogP contribution >= 0.6 is 0 Å². The summed E-state index contributed by atoms with van der Waals surface area (Å²) in [4.78, 5) is 26.5. The number of benzene rings is 1. The molecule has 1 unspecified atom stereocenters. The van der Waals surface area contributed by atoms with Gasteiger partial charge < -0.3 is 14.2 Å². The van der Waals surface area contributed by atoms with Gasteiger partial charge in [-0.15, -0.1) is 0 Å². The van der Waals surface area contributed by atoms with E-state index >= 15 is 0 Å². The number of amides is 1. The summed E-state index contributed by atoms with van der Waals surface area (Å²) in [6.45, 7) is 1.88. The Labute approximate surface area is 110 Å². The zero-order chi connectivity index (χ0) is 13.8. The lowest BCUT2D eigenvalue weighted by atomic mass is 10.0. The van der Waals surface area contributed by atoms with Crippen LogP contribution in [0.4, 0.5) is 4.79 Å². The molecule has 2 rings (SSSR count).